The van der Waals surface area contributed by atoms with Crippen molar-refractivity contribution in [3.8, 4) is 0 Å². The van der Waals surface area contributed by atoms with Crippen molar-refractivity contribution in [2.75, 3.05) is 11.9 Å². The molecule has 3 N–H and O–H groups in total. The largest absolute Gasteiger partial charge is 0.466 e. The standard InChI is InChI=1S/C22H25N3O4S/c1-2-14-29-20(27)13-12-19(26)25-22(30)24-18-10-8-17(9-11-18)21(28)23-15-16-6-4-3-5-7-16/h3-11H,2,12-15H2,1H3,(H,23,28)(H2,24,25,26,30). The molecule has 2 rings (SSSR count). The van der Waals surface area contributed by atoms with Crippen LogP contribution in [0.25, 0.3) is 0 Å². The van der Waals surface area contributed by atoms with Crippen LogP contribution in [0.15, 0.2) is 54.6 Å². The molecule has 30 heavy (non-hydrogen) atoms. The van der Waals surface area contributed by atoms with Gasteiger partial charge in [-0.05, 0) is 48.5 Å². The van der Waals surface area contributed by atoms with E-state index in [2.05, 4.69) is 16.0 Å². The predicted octanol–water partition coefficient (Wildman–Crippen LogP) is 3.16. The molecule has 0 radical (unpaired) electrons. The van der Waals surface area contributed by atoms with Gasteiger partial charge in [-0.15, -0.1) is 0 Å². The van der Waals surface area contributed by atoms with Gasteiger partial charge in [0, 0.05) is 24.2 Å². The van der Waals surface area contributed by atoms with Crippen molar-refractivity contribution in [3.05, 3.63) is 65.7 Å². The van der Waals surface area contributed by atoms with E-state index >= 15 is 0 Å². The Kier molecular flexibility index (Phi) is 9.47. The number of rotatable bonds is 9. The molecule has 8 heteroatoms. The normalized spacial score (nSPS) is 10.0. The van der Waals surface area contributed by atoms with E-state index < -0.39 is 5.97 Å². The van der Waals surface area contributed by atoms with Crippen LogP contribution in [0.3, 0.4) is 0 Å². The molecule has 0 saturated carbocycles. The van der Waals surface area contributed by atoms with E-state index in [1.807, 2.05) is 37.3 Å². The number of benzene rings is 2. The van der Waals surface area contributed by atoms with Crippen LogP contribution < -0.4 is 16.0 Å². The Balaban J connectivity index is 1.75. The highest BCUT2D eigenvalue weighted by Crippen LogP contribution is 2.10. The highest BCUT2D eigenvalue weighted by atomic mass is 32.1. The molecule has 2 aromatic rings. The Morgan fingerprint density at radius 1 is 0.967 bits per heavy atom. The van der Waals surface area contributed by atoms with Gasteiger partial charge < -0.3 is 20.7 Å². The fourth-order valence-electron chi connectivity index (χ4n) is 2.44. The van der Waals surface area contributed by atoms with Crippen molar-refractivity contribution in [1.29, 1.82) is 0 Å². The van der Waals surface area contributed by atoms with Gasteiger partial charge >= 0.3 is 5.97 Å². The molecule has 0 bridgehead atoms. The van der Waals surface area contributed by atoms with E-state index in [-0.39, 0.29) is 29.8 Å². The van der Waals surface area contributed by atoms with Crippen molar-refractivity contribution in [2.45, 2.75) is 32.7 Å². The number of nitrogens with one attached hydrogen (secondary N) is 3. The molecule has 0 aliphatic rings. The number of anilines is 1. The maximum atomic E-state index is 12.2. The van der Waals surface area contributed by atoms with Crippen LogP contribution in [0.5, 0.6) is 0 Å². The summed E-state index contributed by atoms with van der Waals surface area (Å²) in [4.78, 5) is 35.5. The molecular formula is C22H25N3O4S. The molecule has 0 saturated heterocycles. The van der Waals surface area contributed by atoms with Crippen molar-refractivity contribution in [1.82, 2.24) is 10.6 Å². The minimum atomic E-state index is -0.410. The van der Waals surface area contributed by atoms with E-state index in [9.17, 15) is 14.4 Å². The third-order valence-corrected chi connectivity index (χ3v) is 4.18. The first-order valence-electron chi connectivity index (χ1n) is 9.66. The number of carbonyl (C=O) groups excluding carboxylic acids is 3. The van der Waals surface area contributed by atoms with Crippen molar-refractivity contribution in [2.24, 2.45) is 0 Å². The lowest BCUT2D eigenvalue weighted by molar-refractivity contribution is -0.144. The average Bonchev–Trinajstić information content (AvgIpc) is 2.75. The number of amides is 2. The highest BCUT2D eigenvalue weighted by Gasteiger charge is 2.10. The maximum Gasteiger partial charge on any atom is 0.306 e. The monoisotopic (exact) mass is 427 g/mol. The van der Waals surface area contributed by atoms with Crippen LogP contribution in [-0.2, 0) is 20.9 Å². The zero-order valence-corrected chi connectivity index (χ0v) is 17.6. The first-order chi connectivity index (χ1) is 14.5. The zero-order valence-electron chi connectivity index (χ0n) is 16.8. The minimum absolute atomic E-state index is 0.00123. The van der Waals surface area contributed by atoms with Crippen molar-refractivity contribution < 1.29 is 19.1 Å². The van der Waals surface area contributed by atoms with E-state index in [0.29, 0.717) is 24.4 Å². The van der Waals surface area contributed by atoms with Gasteiger partial charge in [-0.3, -0.25) is 14.4 Å². The third-order valence-electron chi connectivity index (χ3n) is 3.98. The summed E-state index contributed by atoms with van der Waals surface area (Å²) in [6.45, 7) is 2.69. The quantitative estimate of drug-likeness (QED) is 0.420. The summed E-state index contributed by atoms with van der Waals surface area (Å²) in [7, 11) is 0. The second kappa shape index (κ2) is 12.3. The van der Waals surface area contributed by atoms with Gasteiger partial charge in [0.25, 0.3) is 5.91 Å². The molecule has 0 aliphatic heterocycles. The molecule has 0 aromatic heterocycles. The van der Waals surface area contributed by atoms with Crippen LogP contribution in [0.2, 0.25) is 0 Å². The van der Waals surface area contributed by atoms with Crippen molar-refractivity contribution in [3.63, 3.8) is 0 Å². The van der Waals surface area contributed by atoms with Crippen LogP contribution in [0.1, 0.15) is 42.1 Å². The van der Waals surface area contributed by atoms with Crippen LogP contribution >= 0.6 is 12.2 Å². The van der Waals surface area contributed by atoms with E-state index in [4.69, 9.17) is 17.0 Å². The Labute approximate surface area is 181 Å². The van der Waals surface area contributed by atoms with Crippen molar-refractivity contribution >= 4 is 40.8 Å². The molecule has 158 valence electrons. The van der Waals surface area contributed by atoms with Gasteiger partial charge in [0.1, 0.15) is 0 Å². The van der Waals surface area contributed by atoms with Gasteiger partial charge in [-0.2, -0.15) is 0 Å². The summed E-state index contributed by atoms with van der Waals surface area (Å²) in [5.74, 6) is -0.971. The van der Waals surface area contributed by atoms with E-state index in [1.54, 1.807) is 24.3 Å². The molecule has 0 aliphatic carbocycles. The first-order valence-corrected chi connectivity index (χ1v) is 10.1. The molecule has 0 unspecified atom stereocenters. The number of carbonyl (C=O) groups is 3. The molecule has 0 atom stereocenters. The number of esters is 1. The molecule has 2 aromatic carbocycles. The lowest BCUT2D eigenvalue weighted by Gasteiger charge is -2.10. The maximum absolute atomic E-state index is 12.2. The molecule has 0 fully saturated rings. The fourth-order valence-corrected chi connectivity index (χ4v) is 2.67. The molecule has 2 amide bonds. The number of thiocarbonyl (C=S) groups is 1. The zero-order chi connectivity index (χ0) is 21.8. The minimum Gasteiger partial charge on any atom is -0.466 e. The van der Waals surface area contributed by atoms with E-state index in [0.717, 1.165) is 12.0 Å². The third kappa shape index (κ3) is 8.40. The fraction of sp³-hybridized carbons (Fsp3) is 0.273. The Hall–Kier alpha value is -3.26. The predicted molar refractivity (Wildman–Crippen MR) is 119 cm³/mol. The summed E-state index contributed by atoms with van der Waals surface area (Å²) in [6, 6.07) is 16.4. The number of ether oxygens (including phenoxy) is 1. The second-order valence-electron chi connectivity index (χ2n) is 6.47. The first kappa shape index (κ1) is 23.0. The van der Waals surface area contributed by atoms with Gasteiger partial charge in [-0.1, -0.05) is 37.3 Å². The average molecular weight is 428 g/mol. The number of hydrogen-bond acceptors (Lipinski definition) is 5. The molecule has 0 spiro atoms. The Morgan fingerprint density at radius 3 is 2.33 bits per heavy atom. The molecule has 7 nitrogen and oxygen atoms in total. The smallest absolute Gasteiger partial charge is 0.306 e. The van der Waals surface area contributed by atoms with Crippen LogP contribution in [0.4, 0.5) is 5.69 Å². The van der Waals surface area contributed by atoms with Gasteiger partial charge in [-0.25, -0.2) is 0 Å². The van der Waals surface area contributed by atoms with Gasteiger partial charge in [0.15, 0.2) is 5.11 Å². The SMILES string of the molecule is CCCOC(=O)CCC(=O)NC(=S)Nc1ccc(C(=O)NCc2ccccc2)cc1. The lowest BCUT2D eigenvalue weighted by Crippen LogP contribution is -2.34. The van der Waals surface area contributed by atoms with Crippen LogP contribution in [-0.4, -0.2) is 29.5 Å². The number of hydrogen-bond donors (Lipinski definition) is 3. The highest BCUT2D eigenvalue weighted by molar-refractivity contribution is 7.80. The van der Waals surface area contributed by atoms with Crippen LogP contribution in [0, 0.1) is 0 Å². The molecule has 0 heterocycles. The Bertz CT molecular complexity index is 870. The summed E-state index contributed by atoms with van der Waals surface area (Å²) in [5.41, 5.74) is 2.16. The van der Waals surface area contributed by atoms with Gasteiger partial charge in [0.2, 0.25) is 5.91 Å². The summed E-state index contributed by atoms with van der Waals surface area (Å²) in [6.07, 6.45) is 0.728. The Morgan fingerprint density at radius 2 is 1.67 bits per heavy atom. The summed E-state index contributed by atoms with van der Waals surface area (Å²) in [5, 5.41) is 8.35. The van der Waals surface area contributed by atoms with E-state index in [1.165, 1.54) is 0 Å². The topological polar surface area (TPSA) is 96.5 Å². The second-order valence-corrected chi connectivity index (χ2v) is 6.88. The summed E-state index contributed by atoms with van der Waals surface area (Å²) < 4.78 is 4.92. The molecular weight excluding hydrogens is 402 g/mol. The van der Waals surface area contributed by atoms with Gasteiger partial charge in [0.05, 0.1) is 13.0 Å². The lowest BCUT2D eigenvalue weighted by atomic mass is 10.2. The summed E-state index contributed by atoms with van der Waals surface area (Å²) >= 11 is 5.10.